The number of nitrogens with zero attached hydrogens (tertiary/aromatic N) is 1. The molecule has 1 aromatic rings. The van der Waals surface area contributed by atoms with Gasteiger partial charge in [0, 0.05) is 35.4 Å². The first-order chi connectivity index (χ1) is 13.9. The summed E-state index contributed by atoms with van der Waals surface area (Å²) in [6.07, 6.45) is 0.536. The third kappa shape index (κ3) is 3.94. The third-order valence-corrected chi connectivity index (χ3v) is 5.33. The third-order valence-electron chi connectivity index (χ3n) is 5.33. The van der Waals surface area contributed by atoms with Crippen molar-refractivity contribution in [2.24, 2.45) is 5.41 Å². The minimum Gasteiger partial charge on any atom is -0.502 e. The van der Waals surface area contributed by atoms with Crippen molar-refractivity contribution in [1.29, 1.82) is 0 Å². The average Bonchev–Trinajstić information content (AvgIpc) is 2.58. The molecule has 1 atom stereocenters. The molecule has 0 fully saturated rings. The molecule has 2 N–H and O–H groups in total. The van der Waals surface area contributed by atoms with Gasteiger partial charge in [-0.1, -0.05) is 19.9 Å². The maximum absolute atomic E-state index is 13.2. The van der Waals surface area contributed by atoms with Gasteiger partial charge in [-0.05, 0) is 44.2 Å². The minimum atomic E-state index is -0.810. The van der Waals surface area contributed by atoms with Crippen molar-refractivity contribution >= 4 is 17.4 Å². The number of dihydropyridines is 1. The molecule has 1 aliphatic heterocycles. The summed E-state index contributed by atoms with van der Waals surface area (Å²) in [6.45, 7) is 9.18. The lowest BCUT2D eigenvalue weighted by molar-refractivity contribution is -0.385. The van der Waals surface area contributed by atoms with E-state index >= 15 is 0 Å². The van der Waals surface area contributed by atoms with Crippen LogP contribution in [0.25, 0.3) is 0 Å². The van der Waals surface area contributed by atoms with Gasteiger partial charge in [0.15, 0.2) is 11.5 Å². The van der Waals surface area contributed by atoms with Gasteiger partial charge >= 0.3 is 11.7 Å². The van der Waals surface area contributed by atoms with E-state index in [1.165, 1.54) is 18.2 Å². The number of aromatic hydroxyl groups is 1. The van der Waals surface area contributed by atoms with Crippen LogP contribution in [0.15, 0.2) is 40.7 Å². The first kappa shape index (κ1) is 21.5. The van der Waals surface area contributed by atoms with Crippen molar-refractivity contribution in [2.75, 3.05) is 0 Å². The van der Waals surface area contributed by atoms with Gasteiger partial charge < -0.3 is 15.2 Å². The average molecular weight is 414 g/mol. The van der Waals surface area contributed by atoms with Gasteiger partial charge in [-0.25, -0.2) is 4.79 Å². The molecule has 30 heavy (non-hydrogen) atoms. The monoisotopic (exact) mass is 414 g/mol. The Morgan fingerprint density at radius 1 is 1.33 bits per heavy atom. The number of hydrogen-bond acceptors (Lipinski definition) is 7. The van der Waals surface area contributed by atoms with Crippen molar-refractivity contribution in [3.05, 3.63) is 56.4 Å². The van der Waals surface area contributed by atoms with Gasteiger partial charge in [0.05, 0.1) is 16.6 Å². The molecule has 0 saturated heterocycles. The fraction of sp³-hybridized carbons (Fsp3) is 0.455. The van der Waals surface area contributed by atoms with Crippen molar-refractivity contribution < 1.29 is 24.4 Å². The number of nitro groups is 1. The summed E-state index contributed by atoms with van der Waals surface area (Å²) < 4.78 is 5.42. The highest BCUT2D eigenvalue weighted by atomic mass is 16.6. The molecule has 0 saturated carbocycles. The van der Waals surface area contributed by atoms with Crippen LogP contribution in [0.4, 0.5) is 5.69 Å². The van der Waals surface area contributed by atoms with Crippen molar-refractivity contribution in [1.82, 2.24) is 5.32 Å². The predicted molar refractivity (Wildman–Crippen MR) is 110 cm³/mol. The van der Waals surface area contributed by atoms with Crippen LogP contribution < -0.4 is 5.32 Å². The molecule has 0 bridgehead atoms. The topological polar surface area (TPSA) is 119 Å². The molecule has 0 radical (unpaired) electrons. The van der Waals surface area contributed by atoms with Crippen molar-refractivity contribution in [2.45, 2.75) is 59.5 Å². The summed E-state index contributed by atoms with van der Waals surface area (Å²) in [5, 5.41) is 24.4. The molecule has 8 heteroatoms. The summed E-state index contributed by atoms with van der Waals surface area (Å²) in [7, 11) is 0. The largest absolute Gasteiger partial charge is 0.502 e. The number of rotatable bonds is 4. The van der Waals surface area contributed by atoms with E-state index in [0.717, 1.165) is 5.70 Å². The number of carbonyl (C=O) groups is 2. The SMILES string of the molecule is CC1=C(C(=O)OC(C)C)[C@H](c2ccc(O)c([N+](=O)[O-])c2)C2=C(CC(C)(C)CC2=O)N1. The first-order valence-electron chi connectivity index (χ1n) is 9.83. The van der Waals surface area contributed by atoms with Gasteiger partial charge in [-0.2, -0.15) is 0 Å². The summed E-state index contributed by atoms with van der Waals surface area (Å²) in [5.74, 6) is -1.98. The number of benzene rings is 1. The van der Waals surface area contributed by atoms with E-state index in [0.29, 0.717) is 29.7 Å². The number of phenolic OH excluding ortho intramolecular Hbond substituents is 1. The number of ether oxygens (including phenoxy) is 1. The zero-order chi connectivity index (χ0) is 22.4. The smallest absolute Gasteiger partial charge is 0.337 e. The Hall–Kier alpha value is -3.16. The second kappa shape index (κ2) is 7.59. The van der Waals surface area contributed by atoms with Crippen LogP contribution in [0.1, 0.15) is 58.9 Å². The van der Waals surface area contributed by atoms with E-state index in [1.54, 1.807) is 20.8 Å². The Bertz CT molecular complexity index is 1000. The highest BCUT2D eigenvalue weighted by molar-refractivity contribution is 6.04. The van der Waals surface area contributed by atoms with Crippen LogP contribution in [-0.2, 0) is 14.3 Å². The normalized spacial score (nSPS) is 20.7. The molecular formula is C22H26N2O6. The first-order valence-corrected chi connectivity index (χ1v) is 9.83. The van der Waals surface area contributed by atoms with E-state index in [2.05, 4.69) is 5.32 Å². The maximum Gasteiger partial charge on any atom is 0.337 e. The standard InChI is InChI=1S/C22H26N2O6/c1-11(2)30-21(27)18-12(3)23-14-9-22(4,5)10-17(26)20(14)19(18)13-6-7-16(25)15(8-13)24(28)29/h6-8,11,19,23,25H,9-10H2,1-5H3/t19-/m0/s1. The summed E-state index contributed by atoms with van der Waals surface area (Å²) in [5.41, 5.74) is 1.60. The fourth-order valence-corrected chi connectivity index (χ4v) is 4.18. The highest BCUT2D eigenvalue weighted by Gasteiger charge is 2.43. The Kier molecular flexibility index (Phi) is 5.45. The van der Waals surface area contributed by atoms with E-state index in [-0.39, 0.29) is 22.9 Å². The second-order valence-electron chi connectivity index (χ2n) is 8.89. The Balaban J connectivity index is 2.23. The summed E-state index contributed by atoms with van der Waals surface area (Å²) in [4.78, 5) is 36.8. The van der Waals surface area contributed by atoms with Crippen LogP contribution in [0, 0.1) is 15.5 Å². The molecule has 3 rings (SSSR count). The van der Waals surface area contributed by atoms with E-state index in [4.69, 9.17) is 4.74 Å². The maximum atomic E-state index is 13.2. The fourth-order valence-electron chi connectivity index (χ4n) is 4.18. The molecular weight excluding hydrogens is 388 g/mol. The minimum absolute atomic E-state index is 0.114. The van der Waals surface area contributed by atoms with Crippen LogP contribution in [0.5, 0.6) is 5.75 Å². The lowest BCUT2D eigenvalue weighted by Gasteiger charge is -2.39. The number of esters is 1. The zero-order valence-electron chi connectivity index (χ0n) is 17.7. The van der Waals surface area contributed by atoms with Crippen LogP contribution >= 0.6 is 0 Å². The van der Waals surface area contributed by atoms with E-state index in [1.807, 2.05) is 13.8 Å². The Labute approximate surface area is 174 Å². The number of carbonyl (C=O) groups excluding carboxylic acids is 2. The molecule has 0 amide bonds. The number of phenols is 1. The van der Waals surface area contributed by atoms with E-state index < -0.39 is 28.2 Å². The van der Waals surface area contributed by atoms with Gasteiger partial charge in [-0.15, -0.1) is 0 Å². The number of ketones is 1. The molecule has 8 nitrogen and oxygen atoms in total. The number of hydrogen-bond donors (Lipinski definition) is 2. The lowest BCUT2D eigenvalue weighted by Crippen LogP contribution is -2.39. The van der Waals surface area contributed by atoms with Gasteiger partial charge in [0.25, 0.3) is 0 Å². The van der Waals surface area contributed by atoms with Gasteiger partial charge in [-0.3, -0.25) is 14.9 Å². The number of Topliss-reactive ketones (excluding diaryl/α,β-unsaturated/α-hetero) is 1. The van der Waals surface area contributed by atoms with Crippen LogP contribution in [0.2, 0.25) is 0 Å². The number of nitro benzene ring substituents is 1. The Morgan fingerprint density at radius 2 is 2.00 bits per heavy atom. The summed E-state index contributed by atoms with van der Waals surface area (Å²) in [6, 6.07) is 3.94. The van der Waals surface area contributed by atoms with E-state index in [9.17, 15) is 24.8 Å². The van der Waals surface area contributed by atoms with Crippen LogP contribution in [0.3, 0.4) is 0 Å². The molecule has 2 aliphatic rings. The van der Waals surface area contributed by atoms with Gasteiger partial charge in [0.1, 0.15) is 0 Å². The second-order valence-corrected chi connectivity index (χ2v) is 8.89. The summed E-state index contributed by atoms with van der Waals surface area (Å²) >= 11 is 0. The molecule has 160 valence electrons. The van der Waals surface area contributed by atoms with Crippen LogP contribution in [-0.4, -0.2) is 27.9 Å². The zero-order valence-corrected chi connectivity index (χ0v) is 17.7. The van der Waals surface area contributed by atoms with Crippen molar-refractivity contribution in [3.63, 3.8) is 0 Å². The molecule has 1 aromatic carbocycles. The molecule has 1 aliphatic carbocycles. The van der Waals surface area contributed by atoms with Gasteiger partial charge in [0.2, 0.25) is 0 Å². The molecule has 0 aromatic heterocycles. The molecule has 0 unspecified atom stereocenters. The van der Waals surface area contributed by atoms with Crippen molar-refractivity contribution in [3.8, 4) is 5.75 Å². The quantitative estimate of drug-likeness (QED) is 0.436. The number of nitrogens with one attached hydrogen (secondary N) is 1. The Morgan fingerprint density at radius 3 is 2.60 bits per heavy atom. The molecule has 1 heterocycles. The number of allylic oxidation sites excluding steroid dienone is 3. The molecule has 0 spiro atoms. The lowest BCUT2D eigenvalue weighted by atomic mass is 9.68. The predicted octanol–water partition coefficient (Wildman–Crippen LogP) is 3.86. The highest BCUT2D eigenvalue weighted by Crippen LogP contribution is 2.47.